The Hall–Kier alpha value is -3.08. The van der Waals surface area contributed by atoms with Crippen molar-refractivity contribution in [1.82, 2.24) is 10.2 Å². The van der Waals surface area contributed by atoms with E-state index < -0.39 is 35.7 Å². The van der Waals surface area contributed by atoms with Gasteiger partial charge in [0.15, 0.2) is 0 Å². The van der Waals surface area contributed by atoms with Crippen LogP contribution in [0.4, 0.5) is 26.3 Å². The zero-order valence-electron chi connectivity index (χ0n) is 24.5. The Labute approximate surface area is 248 Å². The largest absolute Gasteiger partial charge is 0.416 e. The molecule has 2 amide bonds. The quantitative estimate of drug-likeness (QED) is 0.329. The first-order valence-corrected chi connectivity index (χ1v) is 14.7. The molecule has 1 heterocycles. The summed E-state index contributed by atoms with van der Waals surface area (Å²) in [5, 5.41) is 3.04. The molecule has 5 nitrogen and oxygen atoms in total. The number of carbonyl (C=O) groups is 2. The van der Waals surface area contributed by atoms with Crippen LogP contribution in [0.3, 0.4) is 0 Å². The highest BCUT2D eigenvalue weighted by molar-refractivity contribution is 5.80. The number of halogens is 6. The summed E-state index contributed by atoms with van der Waals surface area (Å²) in [7, 11) is 0. The summed E-state index contributed by atoms with van der Waals surface area (Å²) in [4.78, 5) is 27.4. The van der Waals surface area contributed by atoms with Gasteiger partial charge in [-0.2, -0.15) is 26.3 Å². The Morgan fingerprint density at radius 3 is 1.98 bits per heavy atom. The summed E-state index contributed by atoms with van der Waals surface area (Å²) >= 11 is 0. The number of piperidine rings is 1. The molecule has 4 rings (SSSR count). The van der Waals surface area contributed by atoms with E-state index >= 15 is 0 Å². The van der Waals surface area contributed by atoms with Gasteiger partial charge in [0, 0.05) is 36.9 Å². The van der Waals surface area contributed by atoms with Crippen molar-refractivity contribution in [2.75, 3.05) is 13.1 Å². The predicted molar refractivity (Wildman–Crippen MR) is 149 cm³/mol. The lowest BCUT2D eigenvalue weighted by Crippen LogP contribution is -2.49. The lowest BCUT2D eigenvalue weighted by molar-refractivity contribution is -0.143. The second-order valence-electron chi connectivity index (χ2n) is 12.0. The van der Waals surface area contributed by atoms with Crippen molar-refractivity contribution in [3.05, 3.63) is 70.8 Å². The van der Waals surface area contributed by atoms with Crippen LogP contribution in [0.25, 0.3) is 0 Å². The maximum atomic E-state index is 13.6. The summed E-state index contributed by atoms with van der Waals surface area (Å²) in [6.07, 6.45) is -8.38. The van der Waals surface area contributed by atoms with E-state index in [2.05, 4.69) is 5.32 Å². The average molecular weight is 613 g/mol. The van der Waals surface area contributed by atoms with E-state index in [4.69, 9.17) is 4.74 Å². The van der Waals surface area contributed by atoms with Crippen molar-refractivity contribution in [3.63, 3.8) is 0 Å². The second-order valence-corrected chi connectivity index (χ2v) is 12.0. The monoisotopic (exact) mass is 612 g/mol. The van der Waals surface area contributed by atoms with Crippen molar-refractivity contribution < 1.29 is 40.7 Å². The van der Waals surface area contributed by atoms with Gasteiger partial charge in [0.1, 0.15) is 0 Å². The molecule has 236 valence electrons. The molecule has 2 aromatic rings. The van der Waals surface area contributed by atoms with E-state index in [1.54, 1.807) is 4.90 Å². The third kappa shape index (κ3) is 8.31. The molecule has 1 aliphatic carbocycles. The highest BCUT2D eigenvalue weighted by Crippen LogP contribution is 2.40. The van der Waals surface area contributed by atoms with Gasteiger partial charge in [-0.15, -0.1) is 0 Å². The third-order valence-electron chi connectivity index (χ3n) is 8.49. The van der Waals surface area contributed by atoms with Gasteiger partial charge in [-0.05, 0) is 68.4 Å². The number of likely N-dealkylation sites (tertiary alicyclic amines) is 1. The molecule has 1 saturated carbocycles. The lowest BCUT2D eigenvalue weighted by Gasteiger charge is -2.42. The van der Waals surface area contributed by atoms with Gasteiger partial charge in [0.05, 0.1) is 23.3 Å². The molecule has 1 saturated heterocycles. The van der Waals surface area contributed by atoms with Gasteiger partial charge in [-0.3, -0.25) is 9.59 Å². The fourth-order valence-corrected chi connectivity index (χ4v) is 5.98. The zero-order chi connectivity index (χ0) is 31.5. The molecule has 43 heavy (non-hydrogen) atoms. The summed E-state index contributed by atoms with van der Waals surface area (Å²) < 4.78 is 87.0. The first-order valence-electron chi connectivity index (χ1n) is 14.7. The van der Waals surface area contributed by atoms with Crippen LogP contribution < -0.4 is 5.32 Å². The first kappa shape index (κ1) is 32.8. The van der Waals surface area contributed by atoms with Crippen molar-refractivity contribution in [3.8, 4) is 0 Å². The van der Waals surface area contributed by atoms with Gasteiger partial charge in [-0.25, -0.2) is 0 Å². The highest BCUT2D eigenvalue weighted by atomic mass is 19.4. The fourth-order valence-electron chi connectivity index (χ4n) is 5.98. The smallest absolute Gasteiger partial charge is 0.370 e. The number of nitrogens with one attached hydrogen (secondary N) is 1. The van der Waals surface area contributed by atoms with Crippen molar-refractivity contribution in [2.45, 2.75) is 89.4 Å². The van der Waals surface area contributed by atoms with Crippen LogP contribution in [0.2, 0.25) is 0 Å². The minimum atomic E-state index is -4.95. The summed E-state index contributed by atoms with van der Waals surface area (Å²) in [5.41, 5.74) is -2.11. The molecule has 3 unspecified atom stereocenters. The van der Waals surface area contributed by atoms with Crippen molar-refractivity contribution in [1.29, 1.82) is 0 Å². The number of rotatable bonds is 7. The highest BCUT2D eigenvalue weighted by Gasteiger charge is 2.40. The van der Waals surface area contributed by atoms with E-state index in [0.29, 0.717) is 57.3 Å². The number of nitrogens with zero attached hydrogens (tertiary/aromatic N) is 1. The maximum absolute atomic E-state index is 13.6. The Balaban J connectivity index is 1.48. The topological polar surface area (TPSA) is 58.6 Å². The number of amides is 2. The van der Waals surface area contributed by atoms with Gasteiger partial charge in [0.2, 0.25) is 11.8 Å². The van der Waals surface area contributed by atoms with E-state index in [9.17, 15) is 35.9 Å². The Kier molecular flexibility index (Phi) is 10.1. The molecule has 0 radical (unpaired) electrons. The van der Waals surface area contributed by atoms with Gasteiger partial charge >= 0.3 is 12.4 Å². The molecule has 2 aliphatic rings. The molecule has 0 spiro atoms. The Morgan fingerprint density at radius 1 is 0.860 bits per heavy atom. The normalized spacial score (nSPS) is 24.1. The van der Waals surface area contributed by atoms with E-state index in [1.807, 2.05) is 44.2 Å². The molecule has 2 fully saturated rings. The molecule has 0 aromatic heterocycles. The van der Waals surface area contributed by atoms with E-state index in [1.165, 1.54) is 6.92 Å². The minimum Gasteiger partial charge on any atom is -0.370 e. The van der Waals surface area contributed by atoms with Gasteiger partial charge < -0.3 is 15.0 Å². The lowest BCUT2D eigenvalue weighted by atomic mass is 9.83. The molecule has 3 atom stereocenters. The molecular weight excluding hydrogens is 574 g/mol. The zero-order valence-corrected chi connectivity index (χ0v) is 24.5. The summed E-state index contributed by atoms with van der Waals surface area (Å²) in [6.45, 7) is 5.80. The van der Waals surface area contributed by atoms with Crippen molar-refractivity contribution in [2.24, 2.45) is 11.8 Å². The van der Waals surface area contributed by atoms with E-state index in [-0.39, 0.29) is 47.2 Å². The molecule has 2 aromatic carbocycles. The van der Waals surface area contributed by atoms with Crippen LogP contribution in [0.5, 0.6) is 0 Å². The molecule has 0 bridgehead atoms. The first-order chi connectivity index (χ1) is 20.1. The average Bonchev–Trinajstić information content (AvgIpc) is 2.96. The van der Waals surface area contributed by atoms with Crippen LogP contribution in [0.15, 0.2) is 48.5 Å². The van der Waals surface area contributed by atoms with Crippen LogP contribution >= 0.6 is 0 Å². The number of benzene rings is 2. The maximum Gasteiger partial charge on any atom is 0.416 e. The minimum absolute atomic E-state index is 0.00320. The number of hydrogen-bond donors (Lipinski definition) is 1. The number of alkyl halides is 6. The van der Waals surface area contributed by atoms with Crippen LogP contribution in [0, 0.1) is 11.8 Å². The van der Waals surface area contributed by atoms with Crippen LogP contribution in [-0.2, 0) is 26.7 Å². The van der Waals surface area contributed by atoms with Gasteiger partial charge in [-0.1, -0.05) is 44.2 Å². The fraction of sp³-hybridized carbons (Fsp3) is 0.562. The second kappa shape index (κ2) is 13.3. The SMILES string of the molecule is CC(C)C(=O)NC1CCC(C(=O)N2CCC(OC(C)c3cc(C(F)(F)F)cc(C(F)(F)F)c3)C(c3ccccc3)C2)CC1. The Morgan fingerprint density at radius 2 is 1.44 bits per heavy atom. The standard InChI is InChI=1S/C32H38F6N2O3/c1-19(2)29(41)39-26-11-9-22(10-12-26)30(42)40-14-13-28(27(18-40)21-7-5-4-6-8-21)43-20(3)23-15-24(31(33,34)35)17-25(16-23)32(36,37)38/h4-8,15-17,19-20,22,26-28H,9-14,18H2,1-3H3,(H,39,41). The third-order valence-corrected chi connectivity index (χ3v) is 8.49. The number of hydrogen-bond acceptors (Lipinski definition) is 3. The molecule has 1 N–H and O–H groups in total. The van der Waals surface area contributed by atoms with Crippen LogP contribution in [0.1, 0.15) is 87.2 Å². The number of ether oxygens (including phenoxy) is 1. The van der Waals surface area contributed by atoms with Gasteiger partial charge in [0.25, 0.3) is 0 Å². The molecule has 1 aliphatic heterocycles. The Bertz CT molecular complexity index is 1220. The number of carbonyl (C=O) groups excluding carboxylic acids is 2. The summed E-state index contributed by atoms with van der Waals surface area (Å²) in [6, 6.07) is 10.8. The molecular formula is C32H38F6N2O3. The van der Waals surface area contributed by atoms with E-state index in [0.717, 1.165) is 5.56 Å². The van der Waals surface area contributed by atoms with Crippen molar-refractivity contribution >= 4 is 11.8 Å². The predicted octanol–water partition coefficient (Wildman–Crippen LogP) is 7.52. The molecule has 11 heteroatoms. The summed E-state index contributed by atoms with van der Waals surface area (Å²) in [5.74, 6) is -0.590. The van der Waals surface area contributed by atoms with Crippen LogP contribution in [-0.4, -0.2) is 41.9 Å².